The minimum atomic E-state index is -0.246. The molecular weight excluding hydrogens is 280 g/mol. The van der Waals surface area contributed by atoms with Gasteiger partial charge in [0.05, 0.1) is 5.69 Å². The van der Waals surface area contributed by atoms with E-state index in [4.69, 9.17) is 11.5 Å². The molecule has 0 amide bonds. The standard InChI is InChI=1S/C16H18N4S/c1-20-15(17)13-7-6-11(9-14(13)19-16(20)18)10-4-3-5-12(8-10)21-2/h3-9,15H,17H2,1-2H3,(H2,18,19). The molecule has 0 fully saturated rings. The molecule has 1 unspecified atom stereocenters. The van der Waals surface area contributed by atoms with Gasteiger partial charge in [-0.1, -0.05) is 24.3 Å². The van der Waals surface area contributed by atoms with E-state index in [1.807, 2.05) is 13.1 Å². The van der Waals surface area contributed by atoms with Crippen LogP contribution in [0.1, 0.15) is 11.7 Å². The SMILES string of the molecule is CSc1cccc(-c2ccc3c(c2)N=C(N)N(C)C3N)c1. The van der Waals surface area contributed by atoms with Crippen molar-refractivity contribution in [3.63, 3.8) is 0 Å². The summed E-state index contributed by atoms with van der Waals surface area (Å²) in [5.74, 6) is 0.449. The molecule has 0 bridgehead atoms. The zero-order valence-electron chi connectivity index (χ0n) is 12.1. The molecule has 1 aliphatic rings. The maximum absolute atomic E-state index is 6.18. The lowest BCUT2D eigenvalue weighted by molar-refractivity contribution is 0.375. The summed E-state index contributed by atoms with van der Waals surface area (Å²) in [7, 11) is 1.85. The van der Waals surface area contributed by atoms with Gasteiger partial charge in [-0.3, -0.25) is 0 Å². The van der Waals surface area contributed by atoms with E-state index in [2.05, 4.69) is 47.6 Å². The number of aliphatic imine (C=N–C) groups is 1. The van der Waals surface area contributed by atoms with Crippen LogP contribution < -0.4 is 11.5 Å². The second-order valence-electron chi connectivity index (χ2n) is 5.03. The highest BCUT2D eigenvalue weighted by molar-refractivity contribution is 7.98. The molecule has 0 saturated heterocycles. The van der Waals surface area contributed by atoms with E-state index in [9.17, 15) is 0 Å². The number of benzene rings is 2. The molecule has 2 aromatic rings. The highest BCUT2D eigenvalue weighted by Crippen LogP contribution is 2.34. The van der Waals surface area contributed by atoms with Gasteiger partial charge in [0, 0.05) is 17.5 Å². The lowest BCUT2D eigenvalue weighted by Crippen LogP contribution is -2.42. The van der Waals surface area contributed by atoms with Gasteiger partial charge in [-0.25, -0.2) is 4.99 Å². The number of guanidine groups is 1. The normalized spacial score (nSPS) is 17.4. The maximum atomic E-state index is 6.18. The third-order valence-electron chi connectivity index (χ3n) is 3.77. The van der Waals surface area contributed by atoms with Crippen LogP contribution in [0.5, 0.6) is 0 Å². The Balaban J connectivity index is 2.07. The second-order valence-corrected chi connectivity index (χ2v) is 5.91. The van der Waals surface area contributed by atoms with Crippen molar-refractivity contribution in [1.29, 1.82) is 0 Å². The van der Waals surface area contributed by atoms with Gasteiger partial charge in [-0.05, 0) is 35.6 Å². The molecule has 0 saturated carbocycles. The summed E-state index contributed by atoms with van der Waals surface area (Å²) in [4.78, 5) is 7.46. The Bertz CT molecular complexity index is 711. The van der Waals surface area contributed by atoms with Crippen molar-refractivity contribution in [3.05, 3.63) is 48.0 Å². The van der Waals surface area contributed by atoms with Crippen LogP contribution in [-0.2, 0) is 0 Å². The van der Waals surface area contributed by atoms with Crippen molar-refractivity contribution in [2.75, 3.05) is 13.3 Å². The first kappa shape index (κ1) is 14.0. The molecule has 1 atom stereocenters. The number of nitrogens with zero attached hydrogens (tertiary/aromatic N) is 2. The average Bonchev–Trinajstić information content (AvgIpc) is 2.52. The Morgan fingerprint density at radius 3 is 2.67 bits per heavy atom. The minimum absolute atomic E-state index is 0.246. The van der Waals surface area contributed by atoms with Crippen molar-refractivity contribution in [3.8, 4) is 11.1 Å². The molecule has 2 aromatic carbocycles. The smallest absolute Gasteiger partial charge is 0.197 e. The molecule has 0 aromatic heterocycles. The van der Waals surface area contributed by atoms with Crippen LogP contribution >= 0.6 is 11.8 Å². The summed E-state index contributed by atoms with van der Waals surface area (Å²) < 4.78 is 0. The number of rotatable bonds is 2. The monoisotopic (exact) mass is 298 g/mol. The molecule has 0 spiro atoms. The largest absolute Gasteiger partial charge is 0.369 e. The molecule has 21 heavy (non-hydrogen) atoms. The van der Waals surface area contributed by atoms with Crippen molar-refractivity contribution < 1.29 is 0 Å². The predicted molar refractivity (Wildman–Crippen MR) is 89.6 cm³/mol. The van der Waals surface area contributed by atoms with Crippen molar-refractivity contribution in [2.45, 2.75) is 11.1 Å². The predicted octanol–water partition coefficient (Wildman–Crippen LogP) is 2.92. The summed E-state index contributed by atoms with van der Waals surface area (Å²) in [5.41, 5.74) is 16.2. The maximum Gasteiger partial charge on any atom is 0.197 e. The van der Waals surface area contributed by atoms with Crippen molar-refractivity contribution in [1.82, 2.24) is 4.90 Å². The third kappa shape index (κ3) is 2.50. The summed E-state index contributed by atoms with van der Waals surface area (Å²) >= 11 is 1.73. The molecule has 4 nitrogen and oxygen atoms in total. The van der Waals surface area contributed by atoms with E-state index < -0.39 is 0 Å². The number of thioether (sulfide) groups is 1. The van der Waals surface area contributed by atoms with Gasteiger partial charge in [0.2, 0.25) is 0 Å². The molecule has 0 aliphatic carbocycles. The van der Waals surface area contributed by atoms with Crippen LogP contribution in [0.25, 0.3) is 11.1 Å². The number of fused-ring (bicyclic) bond motifs is 1. The first-order valence-corrected chi connectivity index (χ1v) is 7.93. The number of nitrogens with two attached hydrogens (primary N) is 2. The zero-order chi connectivity index (χ0) is 15.0. The Hall–Kier alpha value is -1.98. The van der Waals surface area contributed by atoms with Gasteiger partial charge < -0.3 is 16.4 Å². The Kier molecular flexibility index (Phi) is 3.61. The van der Waals surface area contributed by atoms with Crippen molar-refractivity contribution >= 4 is 23.4 Å². The summed E-state index contributed by atoms with van der Waals surface area (Å²) in [6, 6.07) is 14.6. The highest BCUT2D eigenvalue weighted by Gasteiger charge is 2.22. The lowest BCUT2D eigenvalue weighted by Gasteiger charge is -2.30. The van der Waals surface area contributed by atoms with Crippen molar-refractivity contribution in [2.24, 2.45) is 16.5 Å². The molecule has 4 N–H and O–H groups in total. The van der Waals surface area contributed by atoms with Crippen LogP contribution in [0.3, 0.4) is 0 Å². The van der Waals surface area contributed by atoms with Crippen LogP contribution in [0, 0.1) is 0 Å². The fraction of sp³-hybridized carbons (Fsp3) is 0.188. The highest BCUT2D eigenvalue weighted by atomic mass is 32.2. The molecule has 108 valence electrons. The molecule has 0 radical (unpaired) electrons. The molecule has 5 heteroatoms. The first-order chi connectivity index (χ1) is 10.1. The third-order valence-corrected chi connectivity index (χ3v) is 4.49. The van der Waals surface area contributed by atoms with Gasteiger partial charge in [-0.2, -0.15) is 0 Å². The van der Waals surface area contributed by atoms with Crippen LogP contribution in [-0.4, -0.2) is 24.2 Å². The van der Waals surface area contributed by atoms with Gasteiger partial charge in [0.15, 0.2) is 5.96 Å². The van der Waals surface area contributed by atoms with Crippen LogP contribution in [0.4, 0.5) is 5.69 Å². The Morgan fingerprint density at radius 2 is 1.90 bits per heavy atom. The molecule has 1 heterocycles. The summed E-state index contributed by atoms with van der Waals surface area (Å²) in [5, 5.41) is 0. The van der Waals surface area contributed by atoms with Gasteiger partial charge in [0.1, 0.15) is 6.17 Å². The van der Waals surface area contributed by atoms with E-state index in [-0.39, 0.29) is 6.17 Å². The number of hydrogen-bond acceptors (Lipinski definition) is 5. The Labute approximate surface area is 128 Å². The lowest BCUT2D eigenvalue weighted by atomic mass is 10.0. The summed E-state index contributed by atoms with van der Waals surface area (Å²) in [6.45, 7) is 0. The topological polar surface area (TPSA) is 67.6 Å². The van der Waals surface area contributed by atoms with Gasteiger partial charge in [0.25, 0.3) is 0 Å². The number of hydrogen-bond donors (Lipinski definition) is 2. The van der Waals surface area contributed by atoms with E-state index in [0.29, 0.717) is 5.96 Å². The van der Waals surface area contributed by atoms with E-state index in [0.717, 1.165) is 16.8 Å². The fourth-order valence-corrected chi connectivity index (χ4v) is 2.89. The average molecular weight is 298 g/mol. The molecule has 3 rings (SSSR count). The van der Waals surface area contributed by atoms with E-state index in [1.54, 1.807) is 16.7 Å². The fourth-order valence-electron chi connectivity index (χ4n) is 2.43. The molecule has 1 aliphatic heterocycles. The van der Waals surface area contributed by atoms with E-state index in [1.165, 1.54) is 10.5 Å². The van der Waals surface area contributed by atoms with Crippen LogP contribution in [0.2, 0.25) is 0 Å². The van der Waals surface area contributed by atoms with Gasteiger partial charge >= 0.3 is 0 Å². The first-order valence-electron chi connectivity index (χ1n) is 6.71. The van der Waals surface area contributed by atoms with E-state index >= 15 is 0 Å². The zero-order valence-corrected chi connectivity index (χ0v) is 12.9. The molecular formula is C16H18N4S. The van der Waals surface area contributed by atoms with Gasteiger partial charge in [-0.15, -0.1) is 11.8 Å². The summed E-state index contributed by atoms with van der Waals surface area (Å²) in [6.07, 6.45) is 1.83. The second kappa shape index (κ2) is 5.42. The Morgan fingerprint density at radius 1 is 1.14 bits per heavy atom. The van der Waals surface area contributed by atoms with Crippen LogP contribution in [0.15, 0.2) is 52.4 Å². The quantitative estimate of drug-likeness (QED) is 0.837. The minimum Gasteiger partial charge on any atom is -0.369 e.